The standard InChI is InChI=1S/C22H16BrClFN3O5S/c1-12-6-16(34(27,30)31)2-4-18(12)28-20(29)11-32-19-5-3-17(24)22(21(19)25)33-15-8-13(10-26)7-14(23)9-15/h2-9H,11H2,1H3,(H,28,29)(H2,27,30,31). The van der Waals surface area contributed by atoms with Gasteiger partial charge < -0.3 is 14.8 Å². The van der Waals surface area contributed by atoms with Gasteiger partial charge in [0.2, 0.25) is 15.8 Å². The van der Waals surface area contributed by atoms with E-state index in [4.69, 9.17) is 31.5 Å². The van der Waals surface area contributed by atoms with E-state index in [2.05, 4.69) is 21.2 Å². The number of amides is 1. The number of nitrogens with zero attached hydrogens (tertiary/aromatic N) is 1. The first-order chi connectivity index (χ1) is 16.0. The molecule has 0 radical (unpaired) electrons. The third-order valence-electron chi connectivity index (χ3n) is 4.39. The molecule has 0 aliphatic rings. The van der Waals surface area contributed by atoms with Crippen molar-refractivity contribution in [3.63, 3.8) is 0 Å². The number of nitrogens with two attached hydrogens (primary N) is 1. The molecule has 3 N–H and O–H groups in total. The third-order valence-corrected chi connectivity index (χ3v) is 6.06. The molecule has 1 amide bonds. The lowest BCUT2D eigenvalue weighted by atomic mass is 10.2. The second kappa shape index (κ2) is 10.4. The number of rotatable bonds is 7. The first kappa shape index (κ1) is 25.5. The Hall–Kier alpha value is -3.17. The average Bonchev–Trinajstić information content (AvgIpc) is 2.76. The molecule has 0 fully saturated rings. The molecule has 0 atom stereocenters. The molecule has 8 nitrogen and oxygen atoms in total. The third kappa shape index (κ3) is 6.24. The molecule has 12 heteroatoms. The van der Waals surface area contributed by atoms with Crippen LogP contribution in [-0.2, 0) is 14.8 Å². The molecule has 3 aromatic carbocycles. The van der Waals surface area contributed by atoms with Crippen LogP contribution in [0.15, 0.2) is 57.9 Å². The molecule has 34 heavy (non-hydrogen) atoms. The molecule has 0 saturated heterocycles. The van der Waals surface area contributed by atoms with Gasteiger partial charge in [-0.05, 0) is 61.0 Å². The molecule has 3 rings (SSSR count). The number of anilines is 1. The Bertz CT molecular complexity index is 1430. The minimum Gasteiger partial charge on any atom is -0.481 e. The van der Waals surface area contributed by atoms with E-state index < -0.39 is 28.4 Å². The first-order valence-electron chi connectivity index (χ1n) is 9.40. The Kier molecular flexibility index (Phi) is 7.78. The van der Waals surface area contributed by atoms with Gasteiger partial charge in [0.25, 0.3) is 5.91 Å². The molecule has 0 aromatic heterocycles. The van der Waals surface area contributed by atoms with Gasteiger partial charge >= 0.3 is 0 Å². The number of nitrogens with one attached hydrogen (secondary N) is 1. The molecule has 0 spiro atoms. The summed E-state index contributed by atoms with van der Waals surface area (Å²) in [5.74, 6) is -2.01. The van der Waals surface area contributed by atoms with Gasteiger partial charge in [0, 0.05) is 10.2 Å². The Labute approximate surface area is 208 Å². The summed E-state index contributed by atoms with van der Waals surface area (Å²) in [7, 11) is -3.88. The maximum absolute atomic E-state index is 15.0. The van der Waals surface area contributed by atoms with Crippen LogP contribution in [0, 0.1) is 24.1 Å². The van der Waals surface area contributed by atoms with Crippen molar-refractivity contribution in [2.24, 2.45) is 5.14 Å². The van der Waals surface area contributed by atoms with Gasteiger partial charge in [0.1, 0.15) is 5.75 Å². The molecule has 0 bridgehead atoms. The fourth-order valence-corrected chi connectivity index (χ4v) is 4.06. The van der Waals surface area contributed by atoms with Crippen LogP contribution in [0.1, 0.15) is 11.1 Å². The van der Waals surface area contributed by atoms with E-state index in [-0.39, 0.29) is 32.7 Å². The number of carbonyl (C=O) groups is 1. The smallest absolute Gasteiger partial charge is 0.262 e. The van der Waals surface area contributed by atoms with Crippen LogP contribution in [0.3, 0.4) is 0 Å². The number of ether oxygens (including phenoxy) is 2. The monoisotopic (exact) mass is 567 g/mol. The molecule has 176 valence electrons. The average molecular weight is 569 g/mol. The Morgan fingerprint density at radius 2 is 1.97 bits per heavy atom. The molecule has 0 aliphatic carbocycles. The summed E-state index contributed by atoms with van der Waals surface area (Å²) in [4.78, 5) is 12.2. The number of benzene rings is 3. The number of primary sulfonamides is 1. The van der Waals surface area contributed by atoms with E-state index in [1.54, 1.807) is 13.0 Å². The molecular weight excluding hydrogens is 553 g/mol. The highest BCUT2D eigenvalue weighted by atomic mass is 79.9. The molecular formula is C22H16BrClFN3O5S. The zero-order chi connectivity index (χ0) is 25.0. The maximum Gasteiger partial charge on any atom is 0.262 e. The van der Waals surface area contributed by atoms with Crippen LogP contribution in [0.2, 0.25) is 5.02 Å². The van der Waals surface area contributed by atoms with E-state index in [1.807, 2.05) is 6.07 Å². The van der Waals surface area contributed by atoms with Crippen LogP contribution in [-0.4, -0.2) is 20.9 Å². The first-order valence-corrected chi connectivity index (χ1v) is 12.1. The van der Waals surface area contributed by atoms with Gasteiger partial charge in [-0.15, -0.1) is 0 Å². The largest absolute Gasteiger partial charge is 0.481 e. The predicted molar refractivity (Wildman–Crippen MR) is 127 cm³/mol. The number of hydrogen-bond acceptors (Lipinski definition) is 6. The lowest BCUT2D eigenvalue weighted by Gasteiger charge is -2.14. The normalized spacial score (nSPS) is 10.9. The fourth-order valence-electron chi connectivity index (χ4n) is 2.81. The van der Waals surface area contributed by atoms with Gasteiger partial charge in [-0.25, -0.2) is 13.6 Å². The van der Waals surface area contributed by atoms with Crippen molar-refractivity contribution in [1.82, 2.24) is 0 Å². The summed E-state index contributed by atoms with van der Waals surface area (Å²) in [6, 6.07) is 13.0. The summed E-state index contributed by atoms with van der Waals surface area (Å²) in [6.45, 7) is 1.04. The number of halogens is 3. The maximum atomic E-state index is 15.0. The zero-order valence-electron chi connectivity index (χ0n) is 17.4. The molecule has 0 aliphatic heterocycles. The number of carbonyl (C=O) groups excluding carboxylic acids is 1. The number of aryl methyl sites for hydroxylation is 1. The minimum atomic E-state index is -3.88. The summed E-state index contributed by atoms with van der Waals surface area (Å²) >= 11 is 9.31. The fraction of sp³-hybridized carbons (Fsp3) is 0.0909. The predicted octanol–water partition coefficient (Wildman–Crippen LogP) is 4.88. The van der Waals surface area contributed by atoms with Gasteiger partial charge in [0.05, 0.1) is 21.6 Å². The van der Waals surface area contributed by atoms with Gasteiger partial charge in [-0.3, -0.25) is 4.79 Å². The van der Waals surface area contributed by atoms with Crippen molar-refractivity contribution >= 4 is 49.1 Å². The second-order valence-electron chi connectivity index (χ2n) is 6.94. The zero-order valence-corrected chi connectivity index (χ0v) is 20.6. The van der Waals surface area contributed by atoms with Gasteiger partial charge in [-0.2, -0.15) is 9.65 Å². The Morgan fingerprint density at radius 3 is 2.62 bits per heavy atom. The second-order valence-corrected chi connectivity index (χ2v) is 9.82. The van der Waals surface area contributed by atoms with Gasteiger partial charge in [0.15, 0.2) is 18.1 Å². The van der Waals surface area contributed by atoms with Crippen LogP contribution >= 0.6 is 27.5 Å². The van der Waals surface area contributed by atoms with E-state index in [9.17, 15) is 17.6 Å². The van der Waals surface area contributed by atoms with E-state index in [0.717, 1.165) is 0 Å². The van der Waals surface area contributed by atoms with E-state index in [1.165, 1.54) is 42.5 Å². The van der Waals surface area contributed by atoms with Gasteiger partial charge in [-0.1, -0.05) is 27.5 Å². The highest BCUT2D eigenvalue weighted by molar-refractivity contribution is 9.10. The van der Waals surface area contributed by atoms with Crippen LogP contribution in [0.25, 0.3) is 0 Å². The summed E-state index contributed by atoms with van der Waals surface area (Å²) in [6.07, 6.45) is 0. The van der Waals surface area contributed by atoms with Crippen molar-refractivity contribution < 1.29 is 27.1 Å². The SMILES string of the molecule is Cc1cc(S(N)(=O)=O)ccc1NC(=O)COc1ccc(Cl)c(Oc2cc(Br)cc(C#N)c2)c1F. The van der Waals surface area contributed by atoms with Crippen molar-refractivity contribution in [1.29, 1.82) is 5.26 Å². The Morgan fingerprint density at radius 1 is 1.24 bits per heavy atom. The van der Waals surface area contributed by atoms with Crippen molar-refractivity contribution in [3.8, 4) is 23.3 Å². The van der Waals surface area contributed by atoms with Crippen molar-refractivity contribution in [3.05, 3.63) is 75.0 Å². The molecule has 3 aromatic rings. The lowest BCUT2D eigenvalue weighted by molar-refractivity contribution is -0.118. The summed E-state index contributed by atoms with van der Waals surface area (Å²) in [5, 5.41) is 16.7. The lowest BCUT2D eigenvalue weighted by Crippen LogP contribution is -2.21. The van der Waals surface area contributed by atoms with E-state index >= 15 is 0 Å². The van der Waals surface area contributed by atoms with Crippen LogP contribution in [0.5, 0.6) is 17.2 Å². The summed E-state index contributed by atoms with van der Waals surface area (Å²) in [5.41, 5.74) is 1.08. The topological polar surface area (TPSA) is 132 Å². The van der Waals surface area contributed by atoms with E-state index in [0.29, 0.717) is 15.7 Å². The summed E-state index contributed by atoms with van der Waals surface area (Å²) < 4.78 is 49.2. The quantitative estimate of drug-likeness (QED) is 0.418. The van der Waals surface area contributed by atoms with Crippen molar-refractivity contribution in [2.75, 3.05) is 11.9 Å². The minimum absolute atomic E-state index is 0.0432. The number of hydrogen-bond donors (Lipinski definition) is 2. The van der Waals surface area contributed by atoms with Crippen LogP contribution < -0.4 is 19.9 Å². The highest BCUT2D eigenvalue weighted by Crippen LogP contribution is 2.38. The molecule has 0 unspecified atom stereocenters. The number of nitriles is 1. The Balaban J connectivity index is 1.73. The number of sulfonamides is 1. The van der Waals surface area contributed by atoms with Crippen molar-refractivity contribution in [2.45, 2.75) is 11.8 Å². The van der Waals surface area contributed by atoms with Crippen LogP contribution in [0.4, 0.5) is 10.1 Å². The highest BCUT2D eigenvalue weighted by Gasteiger charge is 2.18. The molecule has 0 saturated carbocycles. The molecule has 0 heterocycles.